The van der Waals surface area contributed by atoms with Crippen LogP contribution in [-0.2, 0) is 17.6 Å². The van der Waals surface area contributed by atoms with Crippen LogP contribution in [0.25, 0.3) is 0 Å². The number of amides is 2. The van der Waals surface area contributed by atoms with E-state index in [4.69, 9.17) is 0 Å². The minimum atomic E-state index is -0.0529. The lowest BCUT2D eigenvalue weighted by molar-refractivity contribution is -0.132. The normalized spacial score (nSPS) is 23.5. The molecule has 6 heteroatoms. The van der Waals surface area contributed by atoms with Gasteiger partial charge < -0.3 is 9.80 Å². The molecule has 3 aliphatic rings. The van der Waals surface area contributed by atoms with Crippen LogP contribution in [0.2, 0.25) is 0 Å². The Morgan fingerprint density at radius 3 is 2.54 bits per heavy atom. The summed E-state index contributed by atoms with van der Waals surface area (Å²) in [5.74, 6) is 2.01. The van der Waals surface area contributed by atoms with E-state index in [0.29, 0.717) is 13.1 Å². The first-order valence-corrected chi connectivity index (χ1v) is 10.9. The number of benzene rings is 1. The SMILES string of the molecule is O=C(c1ccc2c(c1)CCCC2)N1CCCN(C(=O)C2CSCN2)CC1. The highest BCUT2D eigenvalue weighted by Crippen LogP contribution is 2.23. The van der Waals surface area contributed by atoms with Gasteiger partial charge in [0.2, 0.25) is 5.91 Å². The molecule has 0 aromatic heterocycles. The molecule has 1 unspecified atom stereocenters. The zero-order valence-electron chi connectivity index (χ0n) is 15.2. The van der Waals surface area contributed by atoms with Crippen LogP contribution in [0, 0.1) is 0 Å². The molecule has 4 rings (SSSR count). The molecule has 0 spiro atoms. The van der Waals surface area contributed by atoms with Gasteiger partial charge in [-0.05, 0) is 55.4 Å². The van der Waals surface area contributed by atoms with Gasteiger partial charge in [0.15, 0.2) is 0 Å². The monoisotopic (exact) mass is 373 g/mol. The summed E-state index contributed by atoms with van der Waals surface area (Å²) < 4.78 is 0. The van der Waals surface area contributed by atoms with Gasteiger partial charge in [-0.1, -0.05) is 6.07 Å². The molecule has 140 valence electrons. The number of carbonyl (C=O) groups is 2. The number of nitrogens with zero attached hydrogens (tertiary/aromatic N) is 2. The molecular formula is C20H27N3O2S. The summed E-state index contributed by atoms with van der Waals surface area (Å²) in [5, 5.41) is 3.25. The van der Waals surface area contributed by atoms with Gasteiger partial charge in [-0.2, -0.15) is 0 Å². The van der Waals surface area contributed by atoms with Gasteiger partial charge in [-0.3, -0.25) is 14.9 Å². The van der Waals surface area contributed by atoms with Crippen molar-refractivity contribution in [2.24, 2.45) is 0 Å². The number of rotatable bonds is 2. The third kappa shape index (κ3) is 3.76. The second-order valence-corrected chi connectivity index (χ2v) is 8.46. The summed E-state index contributed by atoms with van der Waals surface area (Å²) in [4.78, 5) is 29.4. The number of thioether (sulfide) groups is 1. The summed E-state index contributed by atoms with van der Waals surface area (Å²) >= 11 is 1.77. The van der Waals surface area contributed by atoms with Gasteiger partial charge in [0, 0.05) is 43.4 Å². The lowest BCUT2D eigenvalue weighted by Crippen LogP contribution is -2.46. The van der Waals surface area contributed by atoms with Crippen molar-refractivity contribution >= 4 is 23.6 Å². The molecule has 1 atom stereocenters. The van der Waals surface area contributed by atoms with Crippen molar-refractivity contribution in [3.05, 3.63) is 34.9 Å². The molecular weight excluding hydrogens is 346 g/mol. The minimum Gasteiger partial charge on any atom is -0.339 e. The Morgan fingerprint density at radius 2 is 1.73 bits per heavy atom. The van der Waals surface area contributed by atoms with Crippen LogP contribution >= 0.6 is 11.8 Å². The summed E-state index contributed by atoms with van der Waals surface area (Å²) in [6.07, 6.45) is 5.55. The highest BCUT2D eigenvalue weighted by atomic mass is 32.2. The topological polar surface area (TPSA) is 52.7 Å². The molecule has 2 heterocycles. The molecule has 5 nitrogen and oxygen atoms in total. The van der Waals surface area contributed by atoms with Crippen molar-refractivity contribution in [1.82, 2.24) is 15.1 Å². The molecule has 1 N–H and O–H groups in total. The first-order chi connectivity index (χ1) is 12.7. The largest absolute Gasteiger partial charge is 0.339 e. The van der Waals surface area contributed by atoms with Crippen molar-refractivity contribution in [2.45, 2.75) is 38.1 Å². The highest BCUT2D eigenvalue weighted by molar-refractivity contribution is 7.99. The second-order valence-electron chi connectivity index (χ2n) is 7.43. The molecule has 2 saturated heterocycles. The third-order valence-corrected chi connectivity index (χ3v) is 6.64. The molecule has 1 aromatic rings. The molecule has 2 aliphatic heterocycles. The van der Waals surface area contributed by atoms with Crippen LogP contribution in [0.5, 0.6) is 0 Å². The van der Waals surface area contributed by atoms with Crippen molar-refractivity contribution in [3.63, 3.8) is 0 Å². The fourth-order valence-corrected chi connectivity index (χ4v) is 5.10. The van der Waals surface area contributed by atoms with Crippen molar-refractivity contribution in [2.75, 3.05) is 37.8 Å². The summed E-state index contributed by atoms with van der Waals surface area (Å²) in [7, 11) is 0. The van der Waals surface area contributed by atoms with Gasteiger partial charge in [0.1, 0.15) is 0 Å². The smallest absolute Gasteiger partial charge is 0.253 e. The first kappa shape index (κ1) is 17.9. The van der Waals surface area contributed by atoms with E-state index < -0.39 is 0 Å². The Hall–Kier alpha value is -1.53. The van der Waals surface area contributed by atoms with E-state index in [1.165, 1.54) is 24.0 Å². The maximum atomic E-state index is 13.0. The Balaban J connectivity index is 1.40. The third-order valence-electron chi connectivity index (χ3n) is 5.70. The van der Waals surface area contributed by atoms with Crippen LogP contribution in [0.3, 0.4) is 0 Å². The van der Waals surface area contributed by atoms with Crippen LogP contribution in [0.15, 0.2) is 18.2 Å². The fourth-order valence-electron chi connectivity index (χ4n) is 4.16. The molecule has 2 fully saturated rings. The van der Waals surface area contributed by atoms with Gasteiger partial charge >= 0.3 is 0 Å². The minimum absolute atomic E-state index is 0.0529. The molecule has 0 saturated carbocycles. The van der Waals surface area contributed by atoms with Gasteiger partial charge in [0.25, 0.3) is 5.91 Å². The predicted molar refractivity (Wildman–Crippen MR) is 104 cm³/mol. The van der Waals surface area contributed by atoms with Crippen molar-refractivity contribution in [3.8, 4) is 0 Å². The van der Waals surface area contributed by atoms with E-state index >= 15 is 0 Å². The zero-order valence-corrected chi connectivity index (χ0v) is 16.0. The zero-order chi connectivity index (χ0) is 17.9. The standard InChI is InChI=1S/C20H27N3O2S/c24-19(17-7-6-15-4-1-2-5-16(15)12-17)22-8-3-9-23(11-10-22)20(25)18-13-26-14-21-18/h6-7,12,18,21H,1-5,8-11,13-14H2. The first-order valence-electron chi connectivity index (χ1n) is 9.73. The van der Waals surface area contributed by atoms with Gasteiger partial charge in [0.05, 0.1) is 6.04 Å². The maximum Gasteiger partial charge on any atom is 0.253 e. The van der Waals surface area contributed by atoms with E-state index in [0.717, 1.165) is 49.5 Å². The number of hydrogen-bond acceptors (Lipinski definition) is 4. The lowest BCUT2D eigenvalue weighted by Gasteiger charge is -2.25. The average molecular weight is 374 g/mol. The van der Waals surface area contributed by atoms with Crippen LogP contribution < -0.4 is 5.32 Å². The molecule has 1 aliphatic carbocycles. The lowest BCUT2D eigenvalue weighted by atomic mass is 9.90. The Morgan fingerprint density at radius 1 is 0.962 bits per heavy atom. The van der Waals surface area contributed by atoms with E-state index in [2.05, 4.69) is 17.4 Å². The van der Waals surface area contributed by atoms with E-state index in [1.807, 2.05) is 15.9 Å². The quantitative estimate of drug-likeness (QED) is 0.860. The van der Waals surface area contributed by atoms with Crippen LogP contribution in [0.4, 0.5) is 0 Å². The molecule has 0 bridgehead atoms. The van der Waals surface area contributed by atoms with Crippen molar-refractivity contribution < 1.29 is 9.59 Å². The second kappa shape index (κ2) is 8.01. The summed E-state index contributed by atoms with van der Waals surface area (Å²) in [6.45, 7) is 2.74. The average Bonchev–Trinajstić information content (AvgIpc) is 3.11. The summed E-state index contributed by atoms with van der Waals surface area (Å²) in [6, 6.07) is 6.17. The van der Waals surface area contributed by atoms with Crippen LogP contribution in [-0.4, -0.2) is 65.5 Å². The highest BCUT2D eigenvalue weighted by Gasteiger charge is 2.29. The Labute approximate surface area is 159 Å². The molecule has 2 amide bonds. The molecule has 26 heavy (non-hydrogen) atoms. The number of carbonyl (C=O) groups excluding carboxylic acids is 2. The Kier molecular flexibility index (Phi) is 5.50. The number of aryl methyl sites for hydroxylation is 2. The number of nitrogens with one attached hydrogen (secondary N) is 1. The Bertz CT molecular complexity index is 688. The molecule has 0 radical (unpaired) electrons. The number of fused-ring (bicyclic) bond motifs is 1. The maximum absolute atomic E-state index is 13.0. The predicted octanol–water partition coefficient (Wildman–Crippen LogP) is 1.90. The molecule has 1 aromatic carbocycles. The van der Waals surface area contributed by atoms with Gasteiger partial charge in [-0.15, -0.1) is 11.8 Å². The van der Waals surface area contributed by atoms with E-state index in [-0.39, 0.29) is 17.9 Å². The van der Waals surface area contributed by atoms with Crippen LogP contribution in [0.1, 0.15) is 40.7 Å². The van der Waals surface area contributed by atoms with E-state index in [9.17, 15) is 9.59 Å². The fraction of sp³-hybridized carbons (Fsp3) is 0.600. The van der Waals surface area contributed by atoms with E-state index in [1.54, 1.807) is 11.8 Å². The van der Waals surface area contributed by atoms with Gasteiger partial charge in [-0.25, -0.2) is 0 Å². The summed E-state index contributed by atoms with van der Waals surface area (Å²) in [5.41, 5.74) is 3.56. The van der Waals surface area contributed by atoms with Crippen molar-refractivity contribution in [1.29, 1.82) is 0 Å². The number of hydrogen-bond donors (Lipinski definition) is 1.